The van der Waals surface area contributed by atoms with Crippen LogP contribution in [0.25, 0.3) is 16.5 Å². The highest BCUT2D eigenvalue weighted by Crippen LogP contribution is 2.30. The number of hydrogen-bond donors (Lipinski definition) is 2. The molecule has 3 nitrogen and oxygen atoms in total. The fourth-order valence-corrected chi connectivity index (χ4v) is 3.49. The summed E-state index contributed by atoms with van der Waals surface area (Å²) < 4.78 is 0. The first-order chi connectivity index (χ1) is 11.2. The van der Waals surface area contributed by atoms with Gasteiger partial charge in [0.2, 0.25) is 0 Å². The lowest BCUT2D eigenvalue weighted by Gasteiger charge is -2.29. The van der Waals surface area contributed by atoms with E-state index in [1.807, 2.05) is 0 Å². The zero-order valence-electron chi connectivity index (χ0n) is 14.0. The first-order valence-corrected chi connectivity index (χ1v) is 8.96. The average molecular weight is 327 g/mol. The van der Waals surface area contributed by atoms with E-state index in [4.69, 9.17) is 12.2 Å². The lowest BCUT2D eigenvalue weighted by molar-refractivity contribution is 0.450. The van der Waals surface area contributed by atoms with Crippen molar-refractivity contribution in [3.05, 3.63) is 41.6 Å². The number of fused-ring (bicyclic) bond motifs is 1. The Hall–Kier alpha value is -1.81. The van der Waals surface area contributed by atoms with Crippen molar-refractivity contribution in [2.75, 3.05) is 19.6 Å². The number of para-hydroxylation sites is 1. The number of benzene rings is 1. The van der Waals surface area contributed by atoms with Gasteiger partial charge in [0.15, 0.2) is 5.11 Å². The molecule has 0 amide bonds. The lowest BCUT2D eigenvalue weighted by Crippen LogP contribution is -2.42. The summed E-state index contributed by atoms with van der Waals surface area (Å²) in [5.74, 6) is 0. The molecule has 0 fully saturated rings. The summed E-state index contributed by atoms with van der Waals surface area (Å²) in [5, 5.41) is 5.55. The minimum atomic E-state index is 0.884. The number of rotatable bonds is 4. The molecule has 0 atom stereocenters. The zero-order valence-corrected chi connectivity index (χ0v) is 14.8. The van der Waals surface area contributed by atoms with E-state index in [1.165, 1.54) is 27.6 Å². The van der Waals surface area contributed by atoms with E-state index in [1.54, 1.807) is 0 Å². The number of H-pyrrole nitrogens is 1. The summed E-state index contributed by atoms with van der Waals surface area (Å²) in [6.45, 7) is 7.20. The minimum Gasteiger partial charge on any atom is -0.363 e. The Balaban J connectivity index is 1.79. The van der Waals surface area contributed by atoms with Crippen molar-refractivity contribution in [1.82, 2.24) is 15.2 Å². The highest BCUT2D eigenvalue weighted by Gasteiger charge is 2.17. The Morgan fingerprint density at radius 1 is 1.35 bits per heavy atom. The Labute approximate surface area is 143 Å². The second-order valence-corrected chi connectivity index (χ2v) is 6.44. The van der Waals surface area contributed by atoms with E-state index in [2.05, 4.69) is 59.5 Å². The third kappa shape index (κ3) is 3.27. The predicted octanol–water partition coefficient (Wildman–Crippen LogP) is 4.10. The quantitative estimate of drug-likeness (QED) is 0.829. The van der Waals surface area contributed by atoms with Crippen molar-refractivity contribution < 1.29 is 0 Å². The average Bonchev–Trinajstić information content (AvgIpc) is 3.04. The first-order valence-electron chi connectivity index (χ1n) is 8.55. The maximum Gasteiger partial charge on any atom is 0.169 e. The SMILES string of the molecule is CCCNC(=S)N1CC=C(c2c[nH]c3c(CC)cccc23)CC1. The molecule has 4 heteroatoms. The van der Waals surface area contributed by atoms with Crippen LogP contribution in [0.15, 0.2) is 30.5 Å². The molecule has 23 heavy (non-hydrogen) atoms. The molecule has 0 unspecified atom stereocenters. The Morgan fingerprint density at radius 2 is 2.22 bits per heavy atom. The largest absolute Gasteiger partial charge is 0.363 e. The van der Waals surface area contributed by atoms with Crippen LogP contribution in [0.4, 0.5) is 0 Å². The fraction of sp³-hybridized carbons (Fsp3) is 0.421. The van der Waals surface area contributed by atoms with Crippen LogP contribution in [0.1, 0.15) is 37.8 Å². The van der Waals surface area contributed by atoms with Gasteiger partial charge in [-0.1, -0.05) is 38.1 Å². The van der Waals surface area contributed by atoms with Crippen LogP contribution in [-0.2, 0) is 6.42 Å². The number of nitrogens with one attached hydrogen (secondary N) is 2. The number of thiocarbonyl (C=S) groups is 1. The van der Waals surface area contributed by atoms with Crippen LogP contribution in [0, 0.1) is 0 Å². The normalized spacial score (nSPS) is 14.9. The number of aromatic nitrogens is 1. The monoisotopic (exact) mass is 327 g/mol. The summed E-state index contributed by atoms with van der Waals surface area (Å²) in [6, 6.07) is 6.59. The maximum atomic E-state index is 5.47. The Kier molecular flexibility index (Phi) is 5.01. The second-order valence-electron chi connectivity index (χ2n) is 6.05. The van der Waals surface area contributed by atoms with E-state index < -0.39 is 0 Å². The first kappa shape index (κ1) is 16.1. The van der Waals surface area contributed by atoms with Crippen molar-refractivity contribution >= 4 is 33.8 Å². The summed E-state index contributed by atoms with van der Waals surface area (Å²) in [4.78, 5) is 5.73. The maximum absolute atomic E-state index is 5.47. The molecular formula is C19H25N3S. The van der Waals surface area contributed by atoms with Gasteiger partial charge in [-0.25, -0.2) is 0 Å². The molecule has 0 radical (unpaired) electrons. The van der Waals surface area contributed by atoms with E-state index in [-0.39, 0.29) is 0 Å². The van der Waals surface area contributed by atoms with Gasteiger partial charge in [-0.2, -0.15) is 0 Å². The molecule has 1 aromatic heterocycles. The molecule has 0 bridgehead atoms. The van der Waals surface area contributed by atoms with E-state index in [9.17, 15) is 0 Å². The fourth-order valence-electron chi connectivity index (χ4n) is 3.22. The van der Waals surface area contributed by atoms with Crippen molar-refractivity contribution in [3.63, 3.8) is 0 Å². The topological polar surface area (TPSA) is 31.1 Å². The molecule has 0 saturated heterocycles. The Morgan fingerprint density at radius 3 is 2.91 bits per heavy atom. The summed E-state index contributed by atoms with van der Waals surface area (Å²) in [5.41, 5.74) is 5.45. The minimum absolute atomic E-state index is 0.884. The molecule has 1 aromatic carbocycles. The van der Waals surface area contributed by atoms with Crippen LogP contribution in [0.3, 0.4) is 0 Å². The van der Waals surface area contributed by atoms with Crippen LogP contribution in [0.2, 0.25) is 0 Å². The molecule has 2 heterocycles. The van der Waals surface area contributed by atoms with E-state index >= 15 is 0 Å². The van der Waals surface area contributed by atoms with Crippen LogP contribution >= 0.6 is 12.2 Å². The summed E-state index contributed by atoms with van der Waals surface area (Å²) in [6.07, 6.45) is 7.69. The van der Waals surface area contributed by atoms with Gasteiger partial charge in [0.1, 0.15) is 0 Å². The third-order valence-corrected chi connectivity index (χ3v) is 4.95. The number of nitrogens with zero attached hydrogens (tertiary/aromatic N) is 1. The van der Waals surface area contributed by atoms with Gasteiger partial charge in [0.05, 0.1) is 0 Å². The molecule has 2 aromatic rings. The highest BCUT2D eigenvalue weighted by molar-refractivity contribution is 7.80. The summed E-state index contributed by atoms with van der Waals surface area (Å²) in [7, 11) is 0. The molecule has 122 valence electrons. The smallest absolute Gasteiger partial charge is 0.169 e. The number of aromatic amines is 1. The molecule has 0 saturated carbocycles. The molecule has 3 rings (SSSR count). The van der Waals surface area contributed by atoms with Crippen LogP contribution < -0.4 is 5.32 Å². The second kappa shape index (κ2) is 7.18. The van der Waals surface area contributed by atoms with Gasteiger partial charge in [0, 0.05) is 42.3 Å². The van der Waals surface area contributed by atoms with Crippen LogP contribution in [-0.4, -0.2) is 34.6 Å². The predicted molar refractivity (Wildman–Crippen MR) is 103 cm³/mol. The number of hydrogen-bond acceptors (Lipinski definition) is 1. The lowest BCUT2D eigenvalue weighted by atomic mass is 9.98. The van der Waals surface area contributed by atoms with Gasteiger partial charge in [-0.15, -0.1) is 0 Å². The molecular weight excluding hydrogens is 302 g/mol. The van der Waals surface area contributed by atoms with Gasteiger partial charge in [-0.05, 0) is 42.6 Å². The molecule has 1 aliphatic rings. The Bertz CT molecular complexity index is 729. The van der Waals surface area contributed by atoms with Gasteiger partial charge < -0.3 is 15.2 Å². The third-order valence-electron chi connectivity index (χ3n) is 4.55. The highest BCUT2D eigenvalue weighted by atomic mass is 32.1. The van der Waals surface area contributed by atoms with E-state index in [0.29, 0.717) is 0 Å². The van der Waals surface area contributed by atoms with E-state index in [0.717, 1.165) is 44.0 Å². The van der Waals surface area contributed by atoms with Gasteiger partial charge in [-0.3, -0.25) is 0 Å². The van der Waals surface area contributed by atoms with Crippen molar-refractivity contribution in [2.24, 2.45) is 0 Å². The molecule has 0 spiro atoms. The molecule has 0 aliphatic carbocycles. The van der Waals surface area contributed by atoms with Crippen molar-refractivity contribution in [2.45, 2.75) is 33.1 Å². The standard InChI is InChI=1S/C19H25N3S/c1-3-10-20-19(23)22-11-8-15(9-12-22)17-13-21-18-14(4-2)6-5-7-16(17)18/h5-8,13,21H,3-4,9-12H2,1-2H3,(H,20,23). The summed E-state index contributed by atoms with van der Waals surface area (Å²) >= 11 is 5.47. The zero-order chi connectivity index (χ0) is 16.2. The van der Waals surface area contributed by atoms with Crippen molar-refractivity contribution in [1.29, 1.82) is 0 Å². The van der Waals surface area contributed by atoms with Crippen molar-refractivity contribution in [3.8, 4) is 0 Å². The number of aryl methyl sites for hydroxylation is 1. The molecule has 1 aliphatic heterocycles. The van der Waals surface area contributed by atoms with Gasteiger partial charge in [0.25, 0.3) is 0 Å². The van der Waals surface area contributed by atoms with Crippen LogP contribution in [0.5, 0.6) is 0 Å². The molecule has 2 N–H and O–H groups in total. The van der Waals surface area contributed by atoms with Gasteiger partial charge >= 0.3 is 0 Å².